The summed E-state index contributed by atoms with van der Waals surface area (Å²) in [5.74, 6) is 2.15. The Kier molecular flexibility index (Phi) is 15.5. The maximum Gasteiger partial charge on any atom is 0.191 e. The Morgan fingerprint density at radius 3 is 2.42 bits per heavy atom. The van der Waals surface area contributed by atoms with E-state index in [0.29, 0.717) is 12.5 Å². The number of nitrogens with one attached hydrogen (secondary N) is 2. The molecule has 0 aromatic heterocycles. The van der Waals surface area contributed by atoms with Gasteiger partial charge in [-0.3, -0.25) is 4.99 Å². The van der Waals surface area contributed by atoms with Gasteiger partial charge in [0, 0.05) is 19.7 Å². The van der Waals surface area contributed by atoms with Crippen molar-refractivity contribution in [1.82, 2.24) is 10.6 Å². The van der Waals surface area contributed by atoms with Crippen LogP contribution in [0.1, 0.15) is 46.5 Å². The number of hydrogen-bond acceptors (Lipinski definition) is 3. The molecular weight excluding hydrogens is 441 g/mol. The first-order valence-electron chi connectivity index (χ1n) is 9.58. The van der Waals surface area contributed by atoms with E-state index < -0.39 is 0 Å². The first-order chi connectivity index (χ1) is 12.2. The van der Waals surface area contributed by atoms with Crippen molar-refractivity contribution in [3.05, 3.63) is 30.3 Å². The van der Waals surface area contributed by atoms with E-state index in [1.54, 1.807) is 0 Å². The zero-order valence-electron chi connectivity index (χ0n) is 16.4. The van der Waals surface area contributed by atoms with Crippen LogP contribution in [0.4, 0.5) is 0 Å². The van der Waals surface area contributed by atoms with Crippen molar-refractivity contribution in [3.8, 4) is 5.75 Å². The van der Waals surface area contributed by atoms with Gasteiger partial charge in [-0.15, -0.1) is 24.0 Å². The van der Waals surface area contributed by atoms with Gasteiger partial charge in [0.25, 0.3) is 0 Å². The minimum Gasteiger partial charge on any atom is -0.489 e. The van der Waals surface area contributed by atoms with E-state index in [-0.39, 0.29) is 36.7 Å². The summed E-state index contributed by atoms with van der Waals surface area (Å²) in [6, 6.07) is 9.91. The second-order valence-electron chi connectivity index (χ2n) is 6.23. The van der Waals surface area contributed by atoms with Crippen LogP contribution < -0.4 is 15.4 Å². The van der Waals surface area contributed by atoms with Crippen molar-refractivity contribution in [2.45, 2.75) is 52.6 Å². The standard InChI is InChI=1S/C20H35N3O2.HI/c1-4-10-17(13-14-24)15-22-20(21-6-3)23-16-18(5-2)25-19-11-8-7-9-12-19;/h7-9,11-12,17-18,24H,4-6,10,13-16H2,1-3H3,(H2,21,22,23);1H. The number of ether oxygens (including phenoxy) is 1. The van der Waals surface area contributed by atoms with Crippen LogP contribution in [-0.2, 0) is 0 Å². The van der Waals surface area contributed by atoms with Crippen LogP contribution in [0.15, 0.2) is 35.3 Å². The molecule has 0 spiro atoms. The minimum atomic E-state index is 0. The van der Waals surface area contributed by atoms with Crippen molar-refractivity contribution in [2.75, 3.05) is 26.2 Å². The summed E-state index contributed by atoms with van der Waals surface area (Å²) >= 11 is 0. The van der Waals surface area contributed by atoms with Gasteiger partial charge < -0.3 is 20.5 Å². The Morgan fingerprint density at radius 1 is 1.12 bits per heavy atom. The highest BCUT2D eigenvalue weighted by atomic mass is 127. The average molecular weight is 477 g/mol. The molecule has 1 aromatic rings. The number of hydrogen-bond donors (Lipinski definition) is 3. The number of benzene rings is 1. The number of para-hydroxylation sites is 1. The fourth-order valence-electron chi connectivity index (χ4n) is 2.65. The smallest absolute Gasteiger partial charge is 0.191 e. The maximum atomic E-state index is 9.18. The molecule has 0 aliphatic rings. The van der Waals surface area contributed by atoms with Crippen LogP contribution in [0.25, 0.3) is 0 Å². The molecule has 150 valence electrons. The predicted octanol–water partition coefficient (Wildman–Crippen LogP) is 3.82. The van der Waals surface area contributed by atoms with Gasteiger partial charge in [-0.1, -0.05) is 38.5 Å². The van der Waals surface area contributed by atoms with Crippen LogP contribution >= 0.6 is 24.0 Å². The second-order valence-corrected chi connectivity index (χ2v) is 6.23. The molecule has 5 nitrogen and oxygen atoms in total. The number of aliphatic imine (C=N–C) groups is 1. The Balaban J connectivity index is 0.00000625. The summed E-state index contributed by atoms with van der Waals surface area (Å²) in [7, 11) is 0. The quantitative estimate of drug-likeness (QED) is 0.243. The molecule has 2 atom stereocenters. The second kappa shape index (κ2) is 16.2. The number of halogens is 1. The summed E-state index contributed by atoms with van der Waals surface area (Å²) in [5.41, 5.74) is 0. The van der Waals surface area contributed by atoms with E-state index in [1.807, 2.05) is 30.3 Å². The van der Waals surface area contributed by atoms with Crippen molar-refractivity contribution in [2.24, 2.45) is 10.9 Å². The summed E-state index contributed by atoms with van der Waals surface area (Å²) in [6.45, 7) is 8.84. The van der Waals surface area contributed by atoms with Crippen LogP contribution in [0, 0.1) is 5.92 Å². The van der Waals surface area contributed by atoms with Gasteiger partial charge in [-0.25, -0.2) is 0 Å². The average Bonchev–Trinajstić information content (AvgIpc) is 2.63. The zero-order valence-corrected chi connectivity index (χ0v) is 18.7. The largest absolute Gasteiger partial charge is 0.489 e. The Labute approximate surface area is 176 Å². The Morgan fingerprint density at radius 2 is 1.85 bits per heavy atom. The van der Waals surface area contributed by atoms with Gasteiger partial charge >= 0.3 is 0 Å². The van der Waals surface area contributed by atoms with Crippen LogP contribution in [0.2, 0.25) is 0 Å². The highest BCUT2D eigenvalue weighted by Gasteiger charge is 2.10. The monoisotopic (exact) mass is 477 g/mol. The highest BCUT2D eigenvalue weighted by molar-refractivity contribution is 14.0. The van der Waals surface area contributed by atoms with Gasteiger partial charge in [0.05, 0.1) is 6.54 Å². The molecule has 0 aliphatic carbocycles. The molecule has 0 saturated carbocycles. The van der Waals surface area contributed by atoms with Crippen LogP contribution in [-0.4, -0.2) is 43.4 Å². The van der Waals surface area contributed by atoms with Gasteiger partial charge in [-0.05, 0) is 44.2 Å². The molecule has 0 saturated heterocycles. The maximum absolute atomic E-state index is 9.18. The molecule has 0 fully saturated rings. The fraction of sp³-hybridized carbons (Fsp3) is 0.650. The fourth-order valence-corrected chi connectivity index (χ4v) is 2.65. The molecule has 0 radical (unpaired) electrons. The summed E-state index contributed by atoms with van der Waals surface area (Å²) in [5, 5.41) is 15.9. The number of guanidine groups is 1. The molecule has 3 N–H and O–H groups in total. The molecule has 1 rings (SSSR count). The third kappa shape index (κ3) is 10.9. The molecule has 2 unspecified atom stereocenters. The van der Waals surface area contributed by atoms with Gasteiger partial charge in [0.1, 0.15) is 11.9 Å². The zero-order chi connectivity index (χ0) is 18.3. The molecule has 26 heavy (non-hydrogen) atoms. The number of rotatable bonds is 12. The third-order valence-electron chi connectivity index (χ3n) is 4.08. The molecule has 0 aliphatic heterocycles. The molecule has 6 heteroatoms. The van der Waals surface area contributed by atoms with E-state index in [2.05, 4.69) is 31.4 Å². The first kappa shape index (κ1) is 25.0. The Bertz CT molecular complexity index is 465. The minimum absolute atomic E-state index is 0. The summed E-state index contributed by atoms with van der Waals surface area (Å²) < 4.78 is 6.02. The van der Waals surface area contributed by atoms with Gasteiger partial charge in [-0.2, -0.15) is 0 Å². The normalized spacial score (nSPS) is 13.5. The van der Waals surface area contributed by atoms with Crippen molar-refractivity contribution < 1.29 is 9.84 Å². The van der Waals surface area contributed by atoms with Crippen LogP contribution in [0.5, 0.6) is 5.75 Å². The topological polar surface area (TPSA) is 65.9 Å². The van der Waals surface area contributed by atoms with Gasteiger partial charge in [0.15, 0.2) is 5.96 Å². The molecule has 0 amide bonds. The number of aliphatic hydroxyl groups is 1. The van der Waals surface area contributed by atoms with Crippen molar-refractivity contribution >= 4 is 29.9 Å². The number of nitrogens with zero attached hydrogens (tertiary/aromatic N) is 1. The Hall–Kier alpha value is -1.02. The van der Waals surface area contributed by atoms with E-state index in [4.69, 9.17) is 9.73 Å². The lowest BCUT2D eigenvalue weighted by molar-refractivity contribution is 0.199. The molecule has 0 bridgehead atoms. The third-order valence-corrected chi connectivity index (χ3v) is 4.08. The lowest BCUT2D eigenvalue weighted by atomic mass is 10.0. The molecule has 0 heterocycles. The SMILES string of the molecule is CCCC(CCO)CN=C(NCC)NCC(CC)Oc1ccccc1.I. The first-order valence-corrected chi connectivity index (χ1v) is 9.58. The lowest BCUT2D eigenvalue weighted by Crippen LogP contribution is -2.42. The van der Waals surface area contributed by atoms with E-state index in [1.165, 1.54) is 0 Å². The van der Waals surface area contributed by atoms with Gasteiger partial charge in [0.2, 0.25) is 0 Å². The van der Waals surface area contributed by atoms with Crippen LogP contribution in [0.3, 0.4) is 0 Å². The highest BCUT2D eigenvalue weighted by Crippen LogP contribution is 2.12. The van der Waals surface area contributed by atoms with Crippen molar-refractivity contribution in [1.29, 1.82) is 0 Å². The predicted molar refractivity (Wildman–Crippen MR) is 121 cm³/mol. The van der Waals surface area contributed by atoms with Crippen molar-refractivity contribution in [3.63, 3.8) is 0 Å². The van der Waals surface area contributed by atoms with E-state index in [9.17, 15) is 5.11 Å². The number of aliphatic hydroxyl groups excluding tert-OH is 1. The van der Waals surface area contributed by atoms with E-state index >= 15 is 0 Å². The lowest BCUT2D eigenvalue weighted by Gasteiger charge is -2.20. The summed E-state index contributed by atoms with van der Waals surface area (Å²) in [4.78, 5) is 4.69. The molecule has 1 aromatic carbocycles. The van der Waals surface area contributed by atoms with E-state index in [0.717, 1.165) is 50.5 Å². The molecular formula is C20H36IN3O2. The summed E-state index contributed by atoms with van der Waals surface area (Å²) in [6.07, 6.45) is 4.04.